The molecule has 2 unspecified atom stereocenters. The summed E-state index contributed by atoms with van der Waals surface area (Å²) in [5.41, 5.74) is 0. The van der Waals surface area contributed by atoms with E-state index < -0.39 is 36.0 Å². The van der Waals surface area contributed by atoms with Crippen molar-refractivity contribution in [3.8, 4) is 0 Å². The first-order valence-electron chi connectivity index (χ1n) is 10.9. The van der Waals surface area contributed by atoms with E-state index in [1.165, 1.54) is 0 Å². The van der Waals surface area contributed by atoms with Crippen molar-refractivity contribution in [3.63, 3.8) is 0 Å². The van der Waals surface area contributed by atoms with Crippen LogP contribution >= 0.6 is 0 Å². The van der Waals surface area contributed by atoms with Gasteiger partial charge in [0.05, 0.1) is 13.1 Å². The average molecular weight is 461 g/mol. The standard InChI is InChI=1S/C20H36N4O8/c1-3-15(19(29)30)23-9-5-21(13-17(25)26)7-11-24(16(4-2)20(31)32)12-8-22(6-10-23)14-18(27)28/h15-16H,3-14H2,1-2H3,(H,25,26)(H,27,28)(H,29,30)(H,31,32). The highest BCUT2D eigenvalue weighted by Gasteiger charge is 2.28. The summed E-state index contributed by atoms with van der Waals surface area (Å²) in [5.74, 6) is -3.99. The van der Waals surface area contributed by atoms with Crippen molar-refractivity contribution < 1.29 is 39.6 Å². The molecule has 2 atom stereocenters. The van der Waals surface area contributed by atoms with Crippen LogP contribution in [0, 0.1) is 0 Å². The second kappa shape index (κ2) is 14.0. The van der Waals surface area contributed by atoms with Crippen molar-refractivity contribution in [1.29, 1.82) is 0 Å². The van der Waals surface area contributed by atoms with Crippen molar-refractivity contribution >= 4 is 23.9 Å². The summed E-state index contributed by atoms with van der Waals surface area (Å²) in [6.07, 6.45) is 0.718. The van der Waals surface area contributed by atoms with Gasteiger partial charge in [-0.25, -0.2) is 0 Å². The van der Waals surface area contributed by atoms with Gasteiger partial charge in [-0.15, -0.1) is 0 Å². The van der Waals surface area contributed by atoms with Crippen molar-refractivity contribution in [3.05, 3.63) is 0 Å². The molecule has 0 aromatic carbocycles. The van der Waals surface area contributed by atoms with Crippen LogP contribution < -0.4 is 0 Å². The summed E-state index contributed by atoms with van der Waals surface area (Å²) >= 11 is 0. The van der Waals surface area contributed by atoms with Crippen LogP contribution in [-0.4, -0.2) is 141 Å². The first-order valence-corrected chi connectivity index (χ1v) is 10.9. The molecule has 0 bridgehead atoms. The van der Waals surface area contributed by atoms with E-state index in [2.05, 4.69) is 0 Å². The minimum atomic E-state index is -1.02. The molecule has 1 saturated heterocycles. The van der Waals surface area contributed by atoms with Gasteiger partial charge in [0.15, 0.2) is 0 Å². The molecule has 1 rings (SSSR count). The van der Waals surface area contributed by atoms with Gasteiger partial charge in [0.1, 0.15) is 12.1 Å². The number of carbonyl (C=O) groups is 4. The SMILES string of the molecule is CCC(C(=O)O)N1CCN(CC(=O)O)CCN(C(CC)C(=O)O)CCN(CC(=O)O)CC1. The highest BCUT2D eigenvalue weighted by atomic mass is 16.4. The molecular weight excluding hydrogens is 424 g/mol. The molecule has 0 spiro atoms. The van der Waals surface area contributed by atoms with Crippen molar-refractivity contribution in [2.75, 3.05) is 65.4 Å². The molecule has 0 amide bonds. The predicted octanol–water partition coefficient (Wildman–Crippen LogP) is -0.896. The van der Waals surface area contributed by atoms with E-state index >= 15 is 0 Å². The Bertz CT molecular complexity index is 577. The number of hydrogen-bond acceptors (Lipinski definition) is 8. The normalized spacial score (nSPS) is 20.6. The fourth-order valence-electron chi connectivity index (χ4n) is 4.03. The number of hydrogen-bond donors (Lipinski definition) is 4. The van der Waals surface area contributed by atoms with E-state index in [4.69, 9.17) is 0 Å². The van der Waals surface area contributed by atoms with E-state index in [9.17, 15) is 39.6 Å². The molecule has 1 aliphatic heterocycles. The van der Waals surface area contributed by atoms with Crippen LogP contribution in [0.3, 0.4) is 0 Å². The Hall–Kier alpha value is -2.28. The molecule has 184 valence electrons. The third kappa shape index (κ3) is 9.47. The first kappa shape index (κ1) is 27.8. The second-order valence-electron chi connectivity index (χ2n) is 7.94. The van der Waals surface area contributed by atoms with Gasteiger partial charge in [0, 0.05) is 52.4 Å². The summed E-state index contributed by atoms with van der Waals surface area (Å²) < 4.78 is 0. The molecule has 4 N–H and O–H groups in total. The summed E-state index contributed by atoms with van der Waals surface area (Å²) in [5, 5.41) is 37.7. The van der Waals surface area contributed by atoms with Crippen LogP contribution in [0.1, 0.15) is 26.7 Å². The molecule has 1 heterocycles. The maximum atomic E-state index is 11.7. The fraction of sp³-hybridized carbons (Fsp3) is 0.800. The van der Waals surface area contributed by atoms with Crippen molar-refractivity contribution in [2.45, 2.75) is 38.8 Å². The number of aliphatic carboxylic acids is 4. The van der Waals surface area contributed by atoms with E-state index in [0.29, 0.717) is 65.2 Å². The number of nitrogens with zero attached hydrogens (tertiary/aromatic N) is 4. The van der Waals surface area contributed by atoms with Crippen molar-refractivity contribution in [1.82, 2.24) is 19.6 Å². The topological polar surface area (TPSA) is 162 Å². The van der Waals surface area contributed by atoms with Crippen molar-refractivity contribution in [2.24, 2.45) is 0 Å². The zero-order valence-electron chi connectivity index (χ0n) is 18.9. The molecule has 0 aromatic rings. The highest BCUT2D eigenvalue weighted by Crippen LogP contribution is 2.10. The smallest absolute Gasteiger partial charge is 0.320 e. The van der Waals surface area contributed by atoms with Crippen LogP contribution in [0.15, 0.2) is 0 Å². The van der Waals surface area contributed by atoms with Gasteiger partial charge < -0.3 is 20.4 Å². The van der Waals surface area contributed by atoms with E-state index in [0.717, 1.165) is 0 Å². The maximum Gasteiger partial charge on any atom is 0.320 e. The lowest BCUT2D eigenvalue weighted by Gasteiger charge is -2.36. The van der Waals surface area contributed by atoms with Crippen LogP contribution in [0.4, 0.5) is 0 Å². The maximum absolute atomic E-state index is 11.7. The molecule has 12 nitrogen and oxygen atoms in total. The average Bonchev–Trinajstić information content (AvgIpc) is 2.68. The molecule has 12 heteroatoms. The summed E-state index contributed by atoms with van der Waals surface area (Å²) in [6.45, 7) is 5.44. The zero-order valence-corrected chi connectivity index (χ0v) is 18.9. The minimum Gasteiger partial charge on any atom is -0.480 e. The largest absolute Gasteiger partial charge is 0.480 e. The summed E-state index contributed by atoms with van der Waals surface area (Å²) in [7, 11) is 0. The van der Waals surface area contributed by atoms with Gasteiger partial charge >= 0.3 is 23.9 Å². The zero-order chi connectivity index (χ0) is 24.3. The Morgan fingerprint density at radius 3 is 1.06 bits per heavy atom. The van der Waals surface area contributed by atoms with E-state index in [-0.39, 0.29) is 13.1 Å². The number of rotatable bonds is 10. The monoisotopic (exact) mass is 460 g/mol. The third-order valence-corrected chi connectivity index (χ3v) is 5.76. The predicted molar refractivity (Wildman–Crippen MR) is 115 cm³/mol. The molecule has 1 fully saturated rings. The molecule has 0 radical (unpaired) electrons. The molecule has 0 aliphatic carbocycles. The molecular formula is C20H36N4O8. The Morgan fingerprint density at radius 2 is 0.875 bits per heavy atom. The van der Waals surface area contributed by atoms with Gasteiger partial charge in [0.2, 0.25) is 0 Å². The first-order chi connectivity index (χ1) is 15.1. The second-order valence-corrected chi connectivity index (χ2v) is 7.94. The molecule has 0 saturated carbocycles. The lowest BCUT2D eigenvalue weighted by atomic mass is 10.1. The van der Waals surface area contributed by atoms with Gasteiger partial charge in [-0.05, 0) is 12.8 Å². The van der Waals surface area contributed by atoms with Gasteiger partial charge in [-0.3, -0.25) is 38.8 Å². The third-order valence-electron chi connectivity index (χ3n) is 5.76. The fourth-order valence-corrected chi connectivity index (χ4v) is 4.03. The molecule has 32 heavy (non-hydrogen) atoms. The van der Waals surface area contributed by atoms with Gasteiger partial charge in [0.25, 0.3) is 0 Å². The number of carboxylic acids is 4. The van der Waals surface area contributed by atoms with Crippen LogP contribution in [0.2, 0.25) is 0 Å². The van der Waals surface area contributed by atoms with Crippen LogP contribution in [0.5, 0.6) is 0 Å². The van der Waals surface area contributed by atoms with Gasteiger partial charge in [-0.2, -0.15) is 0 Å². The lowest BCUT2D eigenvalue weighted by molar-refractivity contribution is -0.145. The highest BCUT2D eigenvalue weighted by molar-refractivity contribution is 5.74. The number of carboxylic acid groups (broad SMARTS) is 4. The lowest BCUT2D eigenvalue weighted by Crippen LogP contribution is -2.53. The Kier molecular flexibility index (Phi) is 12.1. The van der Waals surface area contributed by atoms with Gasteiger partial charge in [-0.1, -0.05) is 13.8 Å². The Morgan fingerprint density at radius 1 is 0.594 bits per heavy atom. The Balaban J connectivity index is 3.15. The summed E-state index contributed by atoms with van der Waals surface area (Å²) in [6, 6.07) is -1.52. The van der Waals surface area contributed by atoms with Crippen LogP contribution in [0.25, 0.3) is 0 Å². The summed E-state index contributed by atoms with van der Waals surface area (Å²) in [4.78, 5) is 53.0. The molecule has 1 aliphatic rings. The minimum absolute atomic E-state index is 0.236. The Labute approximate surface area is 188 Å². The molecule has 0 aromatic heterocycles. The van der Waals surface area contributed by atoms with E-state index in [1.807, 2.05) is 0 Å². The van der Waals surface area contributed by atoms with Crippen LogP contribution in [-0.2, 0) is 19.2 Å². The quantitative estimate of drug-likeness (QED) is 0.318. The van der Waals surface area contributed by atoms with E-state index in [1.54, 1.807) is 33.4 Å².